The quantitative estimate of drug-likeness (QED) is 0.743. The molecule has 0 saturated carbocycles. The maximum absolute atomic E-state index is 12.8. The predicted octanol–water partition coefficient (Wildman–Crippen LogP) is 1.47. The summed E-state index contributed by atoms with van der Waals surface area (Å²) in [5.41, 5.74) is 0.599. The minimum atomic E-state index is -0.666. The zero-order valence-corrected chi connectivity index (χ0v) is 7.79. The van der Waals surface area contributed by atoms with Crippen LogP contribution in [-0.2, 0) is 0 Å². The number of halogens is 1. The summed E-state index contributed by atoms with van der Waals surface area (Å²) in [6, 6.07) is 5.93. The van der Waals surface area contributed by atoms with Gasteiger partial charge in [0, 0.05) is 6.04 Å². The fourth-order valence-corrected chi connectivity index (χ4v) is 1.14. The topological polar surface area (TPSA) is 32.3 Å². The lowest BCUT2D eigenvalue weighted by molar-refractivity contribution is 0.140. The predicted molar refractivity (Wildman–Crippen MR) is 49.9 cm³/mol. The zero-order chi connectivity index (χ0) is 9.84. The van der Waals surface area contributed by atoms with Gasteiger partial charge in [0.15, 0.2) is 0 Å². The summed E-state index contributed by atoms with van der Waals surface area (Å²) in [4.78, 5) is 0. The molecular weight excluding hydrogens is 169 g/mol. The molecule has 2 atom stereocenters. The number of nitrogens with one attached hydrogen (secondary N) is 1. The molecule has 0 saturated heterocycles. The highest BCUT2D eigenvalue weighted by Crippen LogP contribution is 2.16. The van der Waals surface area contributed by atoms with Crippen LogP contribution in [0.2, 0.25) is 0 Å². The van der Waals surface area contributed by atoms with Crippen molar-refractivity contribution in [1.29, 1.82) is 0 Å². The summed E-state index contributed by atoms with van der Waals surface area (Å²) >= 11 is 0. The zero-order valence-electron chi connectivity index (χ0n) is 7.79. The second-order valence-corrected chi connectivity index (χ2v) is 3.08. The third-order valence-electron chi connectivity index (χ3n) is 2.12. The number of hydrogen-bond acceptors (Lipinski definition) is 2. The SMILES string of the molecule is CNC(C)C(O)c1cccc(F)c1. The van der Waals surface area contributed by atoms with Gasteiger partial charge in [-0.1, -0.05) is 12.1 Å². The van der Waals surface area contributed by atoms with Crippen LogP contribution in [0.1, 0.15) is 18.6 Å². The summed E-state index contributed by atoms with van der Waals surface area (Å²) < 4.78 is 12.8. The Labute approximate surface area is 77.4 Å². The molecule has 0 aliphatic carbocycles. The molecule has 1 aromatic rings. The van der Waals surface area contributed by atoms with Crippen molar-refractivity contribution in [2.75, 3.05) is 7.05 Å². The van der Waals surface area contributed by atoms with Crippen molar-refractivity contribution in [1.82, 2.24) is 5.32 Å². The van der Waals surface area contributed by atoms with Crippen LogP contribution in [0.4, 0.5) is 4.39 Å². The van der Waals surface area contributed by atoms with Gasteiger partial charge in [-0.2, -0.15) is 0 Å². The molecule has 13 heavy (non-hydrogen) atoms. The van der Waals surface area contributed by atoms with Crippen LogP contribution in [0.25, 0.3) is 0 Å². The van der Waals surface area contributed by atoms with Gasteiger partial charge in [-0.05, 0) is 31.7 Å². The number of aliphatic hydroxyl groups excluding tert-OH is 1. The van der Waals surface area contributed by atoms with E-state index < -0.39 is 6.10 Å². The van der Waals surface area contributed by atoms with Crippen molar-refractivity contribution in [3.05, 3.63) is 35.6 Å². The number of aliphatic hydroxyl groups is 1. The number of benzene rings is 1. The lowest BCUT2D eigenvalue weighted by Gasteiger charge is -2.18. The standard InChI is InChI=1S/C10H14FNO/c1-7(12-2)10(13)8-4-3-5-9(11)6-8/h3-7,10,12-13H,1-2H3. The first kappa shape index (κ1) is 10.2. The van der Waals surface area contributed by atoms with Gasteiger partial charge in [0.1, 0.15) is 5.82 Å². The van der Waals surface area contributed by atoms with E-state index in [1.165, 1.54) is 12.1 Å². The summed E-state index contributed by atoms with van der Waals surface area (Å²) in [6.45, 7) is 1.84. The maximum Gasteiger partial charge on any atom is 0.123 e. The first-order chi connectivity index (χ1) is 6.15. The van der Waals surface area contributed by atoms with E-state index in [2.05, 4.69) is 5.32 Å². The second kappa shape index (κ2) is 4.35. The molecule has 0 bridgehead atoms. The highest BCUT2D eigenvalue weighted by molar-refractivity contribution is 5.19. The van der Waals surface area contributed by atoms with Crippen molar-refractivity contribution in [2.45, 2.75) is 19.1 Å². The normalized spacial score (nSPS) is 15.4. The maximum atomic E-state index is 12.8. The molecule has 72 valence electrons. The molecule has 1 aromatic carbocycles. The van der Waals surface area contributed by atoms with Gasteiger partial charge in [0.25, 0.3) is 0 Å². The minimum absolute atomic E-state index is 0.0817. The number of hydrogen-bond donors (Lipinski definition) is 2. The molecule has 0 aliphatic heterocycles. The van der Waals surface area contributed by atoms with Crippen molar-refractivity contribution < 1.29 is 9.50 Å². The van der Waals surface area contributed by atoms with Crippen LogP contribution in [0.5, 0.6) is 0 Å². The molecule has 2 N–H and O–H groups in total. The average Bonchev–Trinajstić information content (AvgIpc) is 2.15. The van der Waals surface area contributed by atoms with Crippen LogP contribution in [0.15, 0.2) is 24.3 Å². The molecule has 3 heteroatoms. The van der Waals surface area contributed by atoms with Gasteiger partial charge in [-0.25, -0.2) is 4.39 Å². The minimum Gasteiger partial charge on any atom is -0.387 e. The van der Waals surface area contributed by atoms with Gasteiger partial charge in [-0.15, -0.1) is 0 Å². The molecule has 0 heterocycles. The molecule has 0 amide bonds. The molecule has 0 aromatic heterocycles. The first-order valence-corrected chi connectivity index (χ1v) is 4.26. The van der Waals surface area contributed by atoms with Gasteiger partial charge < -0.3 is 10.4 Å². The smallest absolute Gasteiger partial charge is 0.123 e. The summed E-state index contributed by atoms with van der Waals surface area (Å²) in [7, 11) is 1.76. The molecule has 0 fully saturated rings. The monoisotopic (exact) mass is 183 g/mol. The lowest BCUT2D eigenvalue weighted by atomic mass is 10.0. The van der Waals surface area contributed by atoms with Crippen LogP contribution in [0.3, 0.4) is 0 Å². The van der Waals surface area contributed by atoms with Gasteiger partial charge in [-0.3, -0.25) is 0 Å². The third-order valence-corrected chi connectivity index (χ3v) is 2.12. The summed E-state index contributed by atoms with van der Waals surface area (Å²) in [6.07, 6.45) is -0.666. The van der Waals surface area contributed by atoms with E-state index in [-0.39, 0.29) is 11.9 Å². The summed E-state index contributed by atoms with van der Waals surface area (Å²) in [5.74, 6) is -0.320. The Bertz CT molecular complexity index is 277. The number of likely N-dealkylation sites (N-methyl/N-ethyl adjacent to an activating group) is 1. The Morgan fingerprint density at radius 3 is 2.69 bits per heavy atom. The molecule has 0 radical (unpaired) electrons. The largest absolute Gasteiger partial charge is 0.387 e. The molecule has 2 nitrogen and oxygen atoms in total. The molecular formula is C10H14FNO. The average molecular weight is 183 g/mol. The highest BCUT2D eigenvalue weighted by Gasteiger charge is 2.14. The van der Waals surface area contributed by atoms with Crippen LogP contribution < -0.4 is 5.32 Å². The second-order valence-electron chi connectivity index (χ2n) is 3.08. The Hall–Kier alpha value is -0.930. The van der Waals surface area contributed by atoms with Gasteiger partial charge in [0.2, 0.25) is 0 Å². The van der Waals surface area contributed by atoms with E-state index in [1.54, 1.807) is 19.2 Å². The lowest BCUT2D eigenvalue weighted by Crippen LogP contribution is -2.28. The Balaban J connectivity index is 2.82. The first-order valence-electron chi connectivity index (χ1n) is 4.26. The van der Waals surface area contributed by atoms with Gasteiger partial charge >= 0.3 is 0 Å². The molecule has 0 aliphatic rings. The van der Waals surface area contributed by atoms with E-state index in [4.69, 9.17) is 0 Å². The van der Waals surface area contributed by atoms with Crippen molar-refractivity contribution in [2.24, 2.45) is 0 Å². The highest BCUT2D eigenvalue weighted by atomic mass is 19.1. The fraction of sp³-hybridized carbons (Fsp3) is 0.400. The number of rotatable bonds is 3. The fourth-order valence-electron chi connectivity index (χ4n) is 1.14. The van der Waals surface area contributed by atoms with E-state index in [1.807, 2.05) is 6.92 Å². The van der Waals surface area contributed by atoms with Crippen LogP contribution >= 0.6 is 0 Å². The molecule has 2 unspecified atom stereocenters. The van der Waals surface area contributed by atoms with Crippen molar-refractivity contribution in [3.8, 4) is 0 Å². The van der Waals surface area contributed by atoms with Crippen LogP contribution in [0, 0.1) is 5.82 Å². The van der Waals surface area contributed by atoms with Gasteiger partial charge in [0.05, 0.1) is 6.10 Å². The Kier molecular flexibility index (Phi) is 3.39. The van der Waals surface area contributed by atoms with E-state index in [0.29, 0.717) is 5.56 Å². The third kappa shape index (κ3) is 2.50. The Morgan fingerprint density at radius 2 is 2.15 bits per heavy atom. The van der Waals surface area contributed by atoms with E-state index in [0.717, 1.165) is 0 Å². The molecule has 0 spiro atoms. The Morgan fingerprint density at radius 1 is 1.46 bits per heavy atom. The van der Waals surface area contributed by atoms with Crippen molar-refractivity contribution in [3.63, 3.8) is 0 Å². The molecule has 1 rings (SSSR count). The van der Waals surface area contributed by atoms with E-state index in [9.17, 15) is 9.50 Å². The summed E-state index contributed by atoms with van der Waals surface area (Å²) in [5, 5.41) is 12.6. The van der Waals surface area contributed by atoms with Crippen molar-refractivity contribution >= 4 is 0 Å². The van der Waals surface area contributed by atoms with Crippen LogP contribution in [-0.4, -0.2) is 18.2 Å². The van der Waals surface area contributed by atoms with E-state index >= 15 is 0 Å².